The lowest BCUT2D eigenvalue weighted by Crippen LogP contribution is -2.43. The van der Waals surface area contributed by atoms with Gasteiger partial charge in [-0.1, -0.05) is 13.8 Å². The average Bonchev–Trinajstić information content (AvgIpc) is 2.68. The van der Waals surface area contributed by atoms with Gasteiger partial charge in [0.15, 0.2) is 0 Å². The van der Waals surface area contributed by atoms with Gasteiger partial charge in [-0.05, 0) is 12.8 Å². The van der Waals surface area contributed by atoms with Crippen LogP contribution in [0, 0.1) is 5.92 Å². The number of hydrogen-bond donors (Lipinski definition) is 2. The van der Waals surface area contributed by atoms with Crippen LogP contribution in [-0.2, 0) is 18.4 Å². The number of rotatable bonds is 6. The topological polar surface area (TPSA) is 71.8 Å². The van der Waals surface area contributed by atoms with Crippen LogP contribution in [0.5, 0.6) is 0 Å². The lowest BCUT2D eigenvalue weighted by molar-refractivity contribution is -0.122. The maximum atomic E-state index is 11.7. The van der Waals surface area contributed by atoms with E-state index in [1.165, 1.54) is 6.33 Å². The first-order chi connectivity index (χ1) is 8.00. The third-order valence-electron chi connectivity index (χ3n) is 2.45. The summed E-state index contributed by atoms with van der Waals surface area (Å²) in [4.78, 5) is 15.8. The fraction of sp³-hybridized carbons (Fsp3) is 0.727. The molecule has 6 heteroatoms. The first-order valence-electron chi connectivity index (χ1n) is 5.84. The van der Waals surface area contributed by atoms with Crippen molar-refractivity contribution in [1.29, 1.82) is 0 Å². The minimum atomic E-state index is -0.231. The third-order valence-corrected chi connectivity index (χ3v) is 2.45. The molecule has 1 atom stereocenters. The molecule has 0 spiro atoms. The van der Waals surface area contributed by atoms with E-state index in [-0.39, 0.29) is 11.9 Å². The normalized spacial score (nSPS) is 12.8. The summed E-state index contributed by atoms with van der Waals surface area (Å²) in [6.07, 6.45) is 1.50. The highest BCUT2D eigenvalue weighted by Gasteiger charge is 2.12. The highest BCUT2D eigenvalue weighted by atomic mass is 16.2. The van der Waals surface area contributed by atoms with Gasteiger partial charge in [0.05, 0.1) is 12.6 Å². The zero-order chi connectivity index (χ0) is 12.8. The van der Waals surface area contributed by atoms with Gasteiger partial charge in [-0.15, -0.1) is 0 Å². The molecule has 17 heavy (non-hydrogen) atoms. The minimum Gasteiger partial charge on any atom is -0.354 e. The maximum Gasteiger partial charge on any atom is 0.236 e. The molecule has 0 saturated heterocycles. The van der Waals surface area contributed by atoms with Crippen molar-refractivity contribution in [3.8, 4) is 0 Å². The second-order valence-electron chi connectivity index (χ2n) is 4.54. The molecule has 1 unspecified atom stereocenters. The van der Waals surface area contributed by atoms with Crippen molar-refractivity contribution in [2.75, 3.05) is 6.54 Å². The molecule has 0 fully saturated rings. The van der Waals surface area contributed by atoms with E-state index in [0.717, 1.165) is 5.82 Å². The van der Waals surface area contributed by atoms with E-state index in [1.807, 2.05) is 14.0 Å². The number of nitrogens with one attached hydrogen (secondary N) is 2. The molecule has 0 aliphatic rings. The van der Waals surface area contributed by atoms with Crippen LogP contribution >= 0.6 is 0 Å². The molecule has 1 amide bonds. The Labute approximate surface area is 102 Å². The van der Waals surface area contributed by atoms with Crippen LogP contribution < -0.4 is 10.6 Å². The van der Waals surface area contributed by atoms with Crippen molar-refractivity contribution in [1.82, 2.24) is 25.4 Å². The molecule has 0 bridgehead atoms. The Morgan fingerprint density at radius 3 is 2.71 bits per heavy atom. The quantitative estimate of drug-likeness (QED) is 0.736. The number of nitrogens with zero attached hydrogens (tertiary/aromatic N) is 3. The van der Waals surface area contributed by atoms with Gasteiger partial charge in [-0.25, -0.2) is 4.98 Å². The monoisotopic (exact) mass is 239 g/mol. The molecular weight excluding hydrogens is 218 g/mol. The number of aryl methyl sites for hydroxylation is 1. The van der Waals surface area contributed by atoms with Crippen LogP contribution in [-0.4, -0.2) is 33.3 Å². The first kappa shape index (κ1) is 13.6. The summed E-state index contributed by atoms with van der Waals surface area (Å²) in [6.45, 7) is 7.21. The predicted molar refractivity (Wildman–Crippen MR) is 65.2 cm³/mol. The number of amides is 1. The Morgan fingerprint density at radius 1 is 1.47 bits per heavy atom. The van der Waals surface area contributed by atoms with Crippen LogP contribution in [0.2, 0.25) is 0 Å². The van der Waals surface area contributed by atoms with Crippen molar-refractivity contribution in [2.24, 2.45) is 13.0 Å². The summed E-state index contributed by atoms with van der Waals surface area (Å²) in [6, 6.07) is -0.231. The van der Waals surface area contributed by atoms with Crippen LogP contribution in [0.25, 0.3) is 0 Å². The largest absolute Gasteiger partial charge is 0.354 e. The first-order valence-corrected chi connectivity index (χ1v) is 5.84. The molecule has 6 nitrogen and oxygen atoms in total. The van der Waals surface area contributed by atoms with Crippen molar-refractivity contribution in [3.05, 3.63) is 12.2 Å². The van der Waals surface area contributed by atoms with Gasteiger partial charge >= 0.3 is 0 Å². The second kappa shape index (κ2) is 6.34. The van der Waals surface area contributed by atoms with Gasteiger partial charge in [0.25, 0.3) is 0 Å². The maximum absolute atomic E-state index is 11.7. The van der Waals surface area contributed by atoms with E-state index < -0.39 is 0 Å². The van der Waals surface area contributed by atoms with Crippen molar-refractivity contribution >= 4 is 5.91 Å². The van der Waals surface area contributed by atoms with Gasteiger partial charge in [-0.3, -0.25) is 14.8 Å². The molecule has 1 heterocycles. The second-order valence-corrected chi connectivity index (χ2v) is 4.54. The zero-order valence-electron chi connectivity index (χ0n) is 10.9. The van der Waals surface area contributed by atoms with Gasteiger partial charge in [0.2, 0.25) is 5.91 Å². The summed E-state index contributed by atoms with van der Waals surface area (Å²) in [5, 5.41) is 9.96. The van der Waals surface area contributed by atoms with E-state index in [2.05, 4.69) is 34.6 Å². The summed E-state index contributed by atoms with van der Waals surface area (Å²) in [7, 11) is 1.83. The van der Waals surface area contributed by atoms with E-state index >= 15 is 0 Å². The van der Waals surface area contributed by atoms with Crippen LogP contribution in [0.3, 0.4) is 0 Å². The van der Waals surface area contributed by atoms with E-state index in [4.69, 9.17) is 0 Å². The summed E-state index contributed by atoms with van der Waals surface area (Å²) < 4.78 is 1.69. The number of carbonyl (C=O) groups excluding carboxylic acids is 1. The van der Waals surface area contributed by atoms with E-state index in [1.54, 1.807) is 4.68 Å². The average molecular weight is 239 g/mol. The lowest BCUT2D eigenvalue weighted by Gasteiger charge is -2.14. The van der Waals surface area contributed by atoms with Gasteiger partial charge in [0.1, 0.15) is 12.2 Å². The van der Waals surface area contributed by atoms with Gasteiger partial charge in [-0.2, -0.15) is 5.10 Å². The summed E-state index contributed by atoms with van der Waals surface area (Å²) >= 11 is 0. The van der Waals surface area contributed by atoms with Gasteiger partial charge in [0, 0.05) is 13.6 Å². The standard InChI is InChI=1S/C11H21N5O/c1-8(2)5-13-11(17)9(3)12-6-10-14-7-15-16(10)4/h7-9,12H,5-6H2,1-4H3,(H,13,17). The van der Waals surface area contributed by atoms with E-state index in [0.29, 0.717) is 19.0 Å². The molecule has 1 rings (SSSR count). The Hall–Kier alpha value is -1.43. The lowest BCUT2D eigenvalue weighted by atomic mass is 10.2. The highest BCUT2D eigenvalue weighted by molar-refractivity contribution is 5.81. The van der Waals surface area contributed by atoms with E-state index in [9.17, 15) is 4.79 Å². The Kier molecular flexibility index (Phi) is 5.09. The van der Waals surface area contributed by atoms with Crippen molar-refractivity contribution in [2.45, 2.75) is 33.4 Å². The molecule has 0 aliphatic heterocycles. The number of hydrogen-bond acceptors (Lipinski definition) is 4. The Balaban J connectivity index is 2.31. The fourth-order valence-electron chi connectivity index (χ4n) is 1.28. The fourth-order valence-corrected chi connectivity index (χ4v) is 1.28. The Bertz CT molecular complexity index is 360. The Morgan fingerprint density at radius 2 is 2.18 bits per heavy atom. The predicted octanol–water partition coefficient (Wildman–Crippen LogP) is 0.0654. The molecule has 0 aromatic carbocycles. The van der Waals surface area contributed by atoms with Crippen LogP contribution in [0.4, 0.5) is 0 Å². The molecule has 1 aromatic heterocycles. The minimum absolute atomic E-state index is 0.0147. The molecule has 0 saturated carbocycles. The van der Waals surface area contributed by atoms with Gasteiger partial charge < -0.3 is 5.32 Å². The molecule has 1 aromatic rings. The van der Waals surface area contributed by atoms with Crippen LogP contribution in [0.15, 0.2) is 6.33 Å². The van der Waals surface area contributed by atoms with Crippen molar-refractivity contribution in [3.63, 3.8) is 0 Å². The highest BCUT2D eigenvalue weighted by Crippen LogP contribution is 1.93. The molecule has 2 N–H and O–H groups in total. The molecule has 96 valence electrons. The smallest absolute Gasteiger partial charge is 0.236 e. The van der Waals surface area contributed by atoms with Crippen molar-refractivity contribution < 1.29 is 4.79 Å². The summed E-state index contributed by atoms with van der Waals surface area (Å²) in [5.74, 6) is 1.29. The van der Waals surface area contributed by atoms with Crippen LogP contribution in [0.1, 0.15) is 26.6 Å². The number of aromatic nitrogens is 3. The summed E-state index contributed by atoms with van der Waals surface area (Å²) in [5.41, 5.74) is 0. The molecule has 0 aliphatic carbocycles. The number of carbonyl (C=O) groups is 1. The zero-order valence-corrected chi connectivity index (χ0v) is 10.9. The molecular formula is C11H21N5O. The third kappa shape index (κ3) is 4.52. The molecule has 0 radical (unpaired) electrons. The SMILES string of the molecule is CC(C)CNC(=O)C(C)NCc1ncnn1C.